The van der Waals surface area contributed by atoms with Crippen LogP contribution in [0, 0.1) is 0 Å². The molecule has 10 nitrogen and oxygen atoms in total. The predicted molar refractivity (Wildman–Crippen MR) is 110 cm³/mol. The van der Waals surface area contributed by atoms with Gasteiger partial charge >= 0.3 is 0 Å². The molecule has 1 amide bonds. The molecule has 4 heterocycles. The number of hydrogen-bond donors (Lipinski definition) is 2. The summed E-state index contributed by atoms with van der Waals surface area (Å²) in [5, 5.41) is 15.6. The Bertz CT molecular complexity index is 1230. The fourth-order valence-electron chi connectivity index (χ4n) is 3.53. The number of carbonyl (C=O) groups excluding carboxylic acids is 1. The maximum absolute atomic E-state index is 12.4. The molecule has 5 rings (SSSR count). The molecule has 1 aliphatic heterocycles. The lowest BCUT2D eigenvalue weighted by Crippen LogP contribution is -2.38. The zero-order chi connectivity index (χ0) is 20.7. The zero-order valence-corrected chi connectivity index (χ0v) is 16.8. The monoisotopic (exact) mass is 406 g/mol. The quantitative estimate of drug-likeness (QED) is 0.530. The number of amides is 1. The number of para-hydroxylation sites is 1. The summed E-state index contributed by atoms with van der Waals surface area (Å²) < 4.78 is 6.98. The second kappa shape index (κ2) is 7.36. The van der Waals surface area contributed by atoms with Crippen molar-refractivity contribution in [3.63, 3.8) is 0 Å². The summed E-state index contributed by atoms with van der Waals surface area (Å²) in [6.07, 6.45) is 2.65. The minimum atomic E-state index is -0.382. The number of fused-ring (bicyclic) bond motifs is 3. The summed E-state index contributed by atoms with van der Waals surface area (Å²) in [6.45, 7) is 4.67. The average Bonchev–Trinajstić information content (AvgIpc) is 3.36. The van der Waals surface area contributed by atoms with Crippen molar-refractivity contribution in [1.29, 1.82) is 0 Å². The van der Waals surface area contributed by atoms with Crippen LogP contribution in [0.5, 0.6) is 0 Å². The van der Waals surface area contributed by atoms with E-state index in [1.165, 1.54) is 0 Å². The topological polar surface area (TPSA) is 123 Å². The Hall–Kier alpha value is -3.56. The molecule has 30 heavy (non-hydrogen) atoms. The highest BCUT2D eigenvalue weighted by Crippen LogP contribution is 2.25. The molecule has 1 atom stereocenters. The number of benzene rings is 1. The molecule has 3 aromatic heterocycles. The molecule has 4 aromatic rings. The van der Waals surface area contributed by atoms with Gasteiger partial charge in [-0.15, -0.1) is 5.10 Å². The van der Waals surface area contributed by atoms with Gasteiger partial charge in [0.2, 0.25) is 17.7 Å². The molecular formula is C20H22N8O2. The van der Waals surface area contributed by atoms with E-state index in [2.05, 4.69) is 30.9 Å². The van der Waals surface area contributed by atoms with Crippen molar-refractivity contribution >= 4 is 28.4 Å². The number of nitrogens with one attached hydrogen (secondary N) is 2. The van der Waals surface area contributed by atoms with Gasteiger partial charge in [0.1, 0.15) is 6.04 Å². The Labute approximate surface area is 172 Å². The highest BCUT2D eigenvalue weighted by Gasteiger charge is 2.24. The molecule has 0 unspecified atom stereocenters. The average molecular weight is 406 g/mol. The predicted octanol–water partition coefficient (Wildman–Crippen LogP) is 2.53. The van der Waals surface area contributed by atoms with Crippen LogP contribution < -0.4 is 10.6 Å². The molecule has 0 spiro atoms. The smallest absolute Gasteiger partial charge is 0.297 e. The first-order valence-corrected chi connectivity index (χ1v) is 10.1. The molecule has 0 radical (unpaired) electrons. The summed E-state index contributed by atoms with van der Waals surface area (Å²) >= 11 is 0. The van der Waals surface area contributed by atoms with Crippen LogP contribution in [0.3, 0.4) is 0 Å². The highest BCUT2D eigenvalue weighted by atomic mass is 16.5. The van der Waals surface area contributed by atoms with Crippen LogP contribution in [-0.4, -0.2) is 48.2 Å². The minimum Gasteiger partial charge on any atom is -0.354 e. The SMILES string of the molecule is CC(C)c1noc(-c2nc3c4ccccc4nc(N[C@@H]4CCCCNC4=O)n3n2)n1. The van der Waals surface area contributed by atoms with Crippen LogP contribution in [0.15, 0.2) is 28.8 Å². The van der Waals surface area contributed by atoms with Crippen molar-refractivity contribution in [1.82, 2.24) is 35.0 Å². The summed E-state index contributed by atoms with van der Waals surface area (Å²) in [4.78, 5) is 26.2. The molecule has 1 fully saturated rings. The first-order chi connectivity index (χ1) is 14.6. The third kappa shape index (κ3) is 3.23. The molecule has 10 heteroatoms. The normalized spacial score (nSPS) is 17.4. The van der Waals surface area contributed by atoms with Crippen molar-refractivity contribution < 1.29 is 9.32 Å². The van der Waals surface area contributed by atoms with Crippen LogP contribution in [0.4, 0.5) is 5.95 Å². The Morgan fingerprint density at radius 2 is 2.07 bits per heavy atom. The van der Waals surface area contributed by atoms with Gasteiger partial charge in [0.15, 0.2) is 11.5 Å². The van der Waals surface area contributed by atoms with Gasteiger partial charge in [-0.1, -0.05) is 31.1 Å². The van der Waals surface area contributed by atoms with E-state index in [0.717, 1.165) is 30.2 Å². The van der Waals surface area contributed by atoms with E-state index < -0.39 is 0 Å². The fourth-order valence-corrected chi connectivity index (χ4v) is 3.53. The van der Waals surface area contributed by atoms with Gasteiger partial charge in [0.05, 0.1) is 5.52 Å². The second-order valence-electron chi connectivity index (χ2n) is 7.72. The van der Waals surface area contributed by atoms with E-state index >= 15 is 0 Å². The van der Waals surface area contributed by atoms with E-state index in [1.54, 1.807) is 4.52 Å². The highest BCUT2D eigenvalue weighted by molar-refractivity contribution is 5.93. The standard InChI is InChI=1S/C20H22N8O2/c1-11(2)15-25-19(30-27-15)16-24-17-12-7-3-4-8-13(12)22-20(28(17)26-16)23-14-9-5-6-10-21-18(14)29/h3-4,7-8,11,14H,5-6,9-10H2,1-2H3,(H,21,29)(H,22,23)/t14-/m1/s1. The lowest BCUT2D eigenvalue weighted by Gasteiger charge is -2.16. The van der Waals surface area contributed by atoms with E-state index in [-0.39, 0.29) is 23.8 Å². The van der Waals surface area contributed by atoms with Crippen LogP contribution in [0.1, 0.15) is 44.9 Å². The van der Waals surface area contributed by atoms with Crippen molar-refractivity contribution in [3.8, 4) is 11.7 Å². The Kier molecular flexibility index (Phi) is 4.53. The molecule has 154 valence electrons. The molecular weight excluding hydrogens is 384 g/mol. The zero-order valence-electron chi connectivity index (χ0n) is 16.8. The van der Waals surface area contributed by atoms with Crippen molar-refractivity contribution in [2.45, 2.75) is 45.1 Å². The third-order valence-electron chi connectivity index (χ3n) is 5.17. The van der Waals surface area contributed by atoms with Crippen LogP contribution in [0.25, 0.3) is 28.3 Å². The molecule has 2 N–H and O–H groups in total. The van der Waals surface area contributed by atoms with Crippen molar-refractivity contribution in [2.24, 2.45) is 0 Å². The summed E-state index contributed by atoms with van der Waals surface area (Å²) in [6, 6.07) is 7.30. The lowest BCUT2D eigenvalue weighted by molar-refractivity contribution is -0.121. The molecule has 0 aliphatic carbocycles. The number of rotatable bonds is 4. The molecule has 1 aromatic carbocycles. The fraction of sp³-hybridized carbons (Fsp3) is 0.400. The first kappa shape index (κ1) is 18.5. The van der Waals surface area contributed by atoms with Gasteiger partial charge in [-0.3, -0.25) is 4.79 Å². The maximum atomic E-state index is 12.4. The second-order valence-corrected chi connectivity index (χ2v) is 7.72. The summed E-state index contributed by atoms with van der Waals surface area (Å²) in [7, 11) is 0. The Balaban J connectivity index is 1.63. The van der Waals surface area contributed by atoms with E-state index in [9.17, 15) is 4.79 Å². The molecule has 1 aliphatic rings. The molecule has 0 bridgehead atoms. The number of hydrogen-bond acceptors (Lipinski definition) is 8. The summed E-state index contributed by atoms with van der Waals surface area (Å²) in [5.41, 5.74) is 1.37. The number of aromatic nitrogens is 6. The number of anilines is 1. The minimum absolute atomic E-state index is 0.0329. The largest absolute Gasteiger partial charge is 0.354 e. The van der Waals surface area contributed by atoms with Gasteiger partial charge in [-0.25, -0.2) is 9.97 Å². The van der Waals surface area contributed by atoms with Gasteiger partial charge in [-0.2, -0.15) is 9.50 Å². The van der Waals surface area contributed by atoms with E-state index in [4.69, 9.17) is 9.51 Å². The molecule has 0 saturated carbocycles. The van der Waals surface area contributed by atoms with Gasteiger partial charge in [0, 0.05) is 17.8 Å². The van der Waals surface area contributed by atoms with Crippen LogP contribution >= 0.6 is 0 Å². The van der Waals surface area contributed by atoms with Crippen LogP contribution in [0.2, 0.25) is 0 Å². The van der Waals surface area contributed by atoms with Gasteiger partial charge < -0.3 is 15.2 Å². The van der Waals surface area contributed by atoms with Crippen molar-refractivity contribution in [2.75, 3.05) is 11.9 Å². The van der Waals surface area contributed by atoms with E-state index in [0.29, 0.717) is 29.8 Å². The van der Waals surface area contributed by atoms with Crippen molar-refractivity contribution in [3.05, 3.63) is 30.1 Å². The van der Waals surface area contributed by atoms with Gasteiger partial charge in [0.25, 0.3) is 5.89 Å². The van der Waals surface area contributed by atoms with E-state index in [1.807, 2.05) is 38.1 Å². The maximum Gasteiger partial charge on any atom is 0.297 e. The first-order valence-electron chi connectivity index (χ1n) is 10.1. The Morgan fingerprint density at radius 1 is 1.20 bits per heavy atom. The third-order valence-corrected chi connectivity index (χ3v) is 5.17. The number of carbonyl (C=O) groups is 1. The van der Waals surface area contributed by atoms with Crippen LogP contribution in [-0.2, 0) is 4.79 Å². The lowest BCUT2D eigenvalue weighted by atomic mass is 10.1. The van der Waals surface area contributed by atoms with Gasteiger partial charge in [-0.05, 0) is 31.4 Å². The summed E-state index contributed by atoms with van der Waals surface area (Å²) in [5.74, 6) is 1.72. The number of nitrogens with zero attached hydrogens (tertiary/aromatic N) is 6. The Morgan fingerprint density at radius 3 is 2.90 bits per heavy atom. The molecule has 1 saturated heterocycles.